The summed E-state index contributed by atoms with van der Waals surface area (Å²) in [4.78, 5) is 28.0. The summed E-state index contributed by atoms with van der Waals surface area (Å²) in [5, 5.41) is 3.38. The zero-order valence-corrected chi connectivity index (χ0v) is 30.3. The Labute approximate surface area is 281 Å². The van der Waals surface area contributed by atoms with E-state index in [2.05, 4.69) is 46.0 Å². The molecule has 5 N–H and O–H groups in total. The Hall–Kier alpha value is -1.44. The molecular weight excluding hydrogens is 572 g/mol. The molecule has 8 unspecified atom stereocenters. The Morgan fingerprint density at radius 1 is 0.913 bits per heavy atom. The third-order valence-corrected chi connectivity index (χ3v) is 13.2. The van der Waals surface area contributed by atoms with E-state index in [4.69, 9.17) is 16.2 Å². The molecule has 0 saturated heterocycles. The van der Waals surface area contributed by atoms with Crippen LogP contribution in [0.1, 0.15) is 131 Å². The van der Waals surface area contributed by atoms with Gasteiger partial charge in [-0.25, -0.2) is 4.79 Å². The van der Waals surface area contributed by atoms with Crippen molar-refractivity contribution in [3.8, 4) is 0 Å². The SMILES string of the molecule is CC(C)CCCC(C)C1CCC2C3CC=C4CC(OC(=O)C(=O)N(CCCN)CCCCNCCCN)CCC4(C)C3CCC12C. The average Bonchev–Trinajstić information content (AvgIpc) is 3.39. The van der Waals surface area contributed by atoms with Gasteiger partial charge in [0.05, 0.1) is 0 Å². The van der Waals surface area contributed by atoms with Gasteiger partial charge in [-0.3, -0.25) is 4.79 Å². The first-order chi connectivity index (χ1) is 22.0. The fourth-order valence-electron chi connectivity index (χ4n) is 10.6. The lowest BCUT2D eigenvalue weighted by Crippen LogP contribution is -2.51. The Kier molecular flexibility index (Phi) is 14.0. The summed E-state index contributed by atoms with van der Waals surface area (Å²) < 4.78 is 5.96. The Bertz CT molecular complexity index is 1020. The van der Waals surface area contributed by atoms with Crippen molar-refractivity contribution in [3.63, 3.8) is 0 Å². The van der Waals surface area contributed by atoms with Crippen LogP contribution in [0.4, 0.5) is 0 Å². The molecule has 264 valence electrons. The molecule has 8 atom stereocenters. The number of nitrogens with zero attached hydrogens (tertiary/aromatic N) is 1. The summed E-state index contributed by atoms with van der Waals surface area (Å²) in [6, 6.07) is 0. The molecule has 0 bridgehead atoms. The van der Waals surface area contributed by atoms with Gasteiger partial charge in [0.2, 0.25) is 0 Å². The van der Waals surface area contributed by atoms with Gasteiger partial charge in [0, 0.05) is 19.5 Å². The normalized spacial score (nSPS) is 32.7. The Balaban J connectivity index is 1.32. The number of nitrogens with one attached hydrogen (secondary N) is 1. The van der Waals surface area contributed by atoms with Crippen molar-refractivity contribution in [1.82, 2.24) is 10.2 Å². The molecule has 3 saturated carbocycles. The first-order valence-corrected chi connectivity index (χ1v) is 19.3. The minimum atomic E-state index is -0.686. The lowest BCUT2D eigenvalue weighted by molar-refractivity contribution is -0.165. The number of rotatable bonds is 17. The summed E-state index contributed by atoms with van der Waals surface area (Å²) >= 11 is 0. The summed E-state index contributed by atoms with van der Waals surface area (Å²) in [5.74, 6) is 3.68. The van der Waals surface area contributed by atoms with Crippen LogP contribution in [0.25, 0.3) is 0 Å². The topological polar surface area (TPSA) is 111 Å². The number of esters is 1. The lowest BCUT2D eigenvalue weighted by Gasteiger charge is -2.58. The molecule has 0 heterocycles. The maximum Gasteiger partial charge on any atom is 0.397 e. The number of nitrogens with two attached hydrogens (primary N) is 2. The number of hydrogen-bond acceptors (Lipinski definition) is 6. The van der Waals surface area contributed by atoms with Crippen LogP contribution in [-0.4, -0.2) is 62.1 Å². The van der Waals surface area contributed by atoms with Crippen LogP contribution in [0.5, 0.6) is 0 Å². The molecule has 0 aliphatic heterocycles. The van der Waals surface area contributed by atoms with Crippen LogP contribution < -0.4 is 16.8 Å². The lowest BCUT2D eigenvalue weighted by atomic mass is 9.47. The van der Waals surface area contributed by atoms with E-state index in [1.54, 1.807) is 4.90 Å². The van der Waals surface area contributed by atoms with Gasteiger partial charge in [-0.15, -0.1) is 0 Å². The second kappa shape index (κ2) is 17.3. The van der Waals surface area contributed by atoms with Gasteiger partial charge in [0.15, 0.2) is 0 Å². The molecule has 46 heavy (non-hydrogen) atoms. The van der Waals surface area contributed by atoms with E-state index in [0.29, 0.717) is 38.0 Å². The van der Waals surface area contributed by atoms with E-state index >= 15 is 0 Å². The molecule has 0 aromatic carbocycles. The highest BCUT2D eigenvalue weighted by molar-refractivity contribution is 6.32. The molecule has 0 aromatic heterocycles. The quantitative estimate of drug-likeness (QED) is 0.0694. The predicted molar refractivity (Wildman–Crippen MR) is 189 cm³/mol. The minimum absolute atomic E-state index is 0.198. The van der Waals surface area contributed by atoms with Crippen molar-refractivity contribution in [2.75, 3.05) is 39.3 Å². The van der Waals surface area contributed by atoms with Crippen molar-refractivity contribution in [3.05, 3.63) is 11.6 Å². The largest absolute Gasteiger partial charge is 0.455 e. The van der Waals surface area contributed by atoms with Gasteiger partial charge in [-0.2, -0.15) is 0 Å². The van der Waals surface area contributed by atoms with E-state index in [9.17, 15) is 9.59 Å². The van der Waals surface area contributed by atoms with Crippen molar-refractivity contribution < 1.29 is 14.3 Å². The molecule has 7 nitrogen and oxygen atoms in total. The zero-order valence-electron chi connectivity index (χ0n) is 30.3. The molecule has 0 spiro atoms. The van der Waals surface area contributed by atoms with E-state index in [-0.39, 0.29) is 11.5 Å². The number of allylic oxidation sites excluding steroid dienone is 1. The zero-order chi connectivity index (χ0) is 33.3. The van der Waals surface area contributed by atoms with Gasteiger partial charge >= 0.3 is 11.9 Å². The maximum absolute atomic E-state index is 13.2. The molecule has 4 rings (SSSR count). The Morgan fingerprint density at radius 2 is 1.65 bits per heavy atom. The fraction of sp³-hybridized carbons (Fsp3) is 0.897. The second-order valence-corrected chi connectivity index (χ2v) is 16.6. The summed E-state index contributed by atoms with van der Waals surface area (Å²) in [6.45, 7) is 16.5. The van der Waals surface area contributed by atoms with Crippen LogP contribution in [0.3, 0.4) is 0 Å². The Morgan fingerprint density at radius 3 is 2.39 bits per heavy atom. The van der Waals surface area contributed by atoms with Crippen LogP contribution >= 0.6 is 0 Å². The summed E-state index contributed by atoms with van der Waals surface area (Å²) in [7, 11) is 0. The number of hydrogen-bond donors (Lipinski definition) is 3. The number of fused-ring (bicyclic) bond motifs is 5. The number of carbonyl (C=O) groups is 2. The highest BCUT2D eigenvalue weighted by Crippen LogP contribution is 2.67. The predicted octanol–water partition coefficient (Wildman–Crippen LogP) is 6.84. The first-order valence-electron chi connectivity index (χ1n) is 19.3. The second-order valence-electron chi connectivity index (χ2n) is 16.6. The van der Waals surface area contributed by atoms with E-state index in [0.717, 1.165) is 87.1 Å². The maximum atomic E-state index is 13.2. The molecular formula is C39H70N4O3. The van der Waals surface area contributed by atoms with Crippen molar-refractivity contribution >= 4 is 11.9 Å². The fourth-order valence-corrected chi connectivity index (χ4v) is 10.6. The van der Waals surface area contributed by atoms with Gasteiger partial charge in [0.25, 0.3) is 0 Å². The average molecular weight is 643 g/mol. The van der Waals surface area contributed by atoms with Crippen LogP contribution in [0.15, 0.2) is 11.6 Å². The monoisotopic (exact) mass is 643 g/mol. The van der Waals surface area contributed by atoms with Crippen molar-refractivity contribution in [2.24, 2.45) is 57.8 Å². The van der Waals surface area contributed by atoms with E-state index in [1.165, 1.54) is 56.9 Å². The molecule has 0 aromatic rings. The molecule has 7 heteroatoms. The number of amides is 1. The number of unbranched alkanes of at least 4 members (excludes halogenated alkanes) is 1. The number of ether oxygens (including phenoxy) is 1. The third-order valence-electron chi connectivity index (χ3n) is 13.2. The van der Waals surface area contributed by atoms with Crippen LogP contribution in [-0.2, 0) is 14.3 Å². The van der Waals surface area contributed by atoms with Crippen LogP contribution in [0, 0.1) is 46.3 Å². The van der Waals surface area contributed by atoms with Crippen LogP contribution in [0.2, 0.25) is 0 Å². The highest BCUT2D eigenvalue weighted by atomic mass is 16.5. The van der Waals surface area contributed by atoms with Gasteiger partial charge in [-0.05, 0) is 143 Å². The number of carbonyl (C=O) groups excluding carboxylic acids is 2. The summed E-state index contributed by atoms with van der Waals surface area (Å²) in [6.07, 6.45) is 19.3. The minimum Gasteiger partial charge on any atom is -0.455 e. The van der Waals surface area contributed by atoms with Crippen molar-refractivity contribution in [2.45, 2.75) is 137 Å². The van der Waals surface area contributed by atoms with E-state index < -0.39 is 11.9 Å². The standard InChI is InChI=1S/C39H70N4O3/c1-28(2)11-8-12-29(3)33-15-16-34-32-14-13-30-27-31(17-19-38(30,4)35(32)18-20-39(33,34)5)46-37(45)36(44)43(26-10-22-41)25-7-6-23-42-24-9-21-40/h13,28-29,31-35,42H,6-12,14-27,40-41H2,1-5H3. The van der Waals surface area contributed by atoms with Gasteiger partial charge < -0.3 is 26.4 Å². The first kappa shape index (κ1) is 37.4. The summed E-state index contributed by atoms with van der Waals surface area (Å²) in [5.41, 5.74) is 13.5. The highest BCUT2D eigenvalue weighted by Gasteiger charge is 2.59. The third kappa shape index (κ3) is 8.77. The smallest absolute Gasteiger partial charge is 0.397 e. The molecule has 3 fully saturated rings. The molecule has 1 amide bonds. The molecule has 0 radical (unpaired) electrons. The van der Waals surface area contributed by atoms with Gasteiger partial charge in [-0.1, -0.05) is 65.5 Å². The van der Waals surface area contributed by atoms with Gasteiger partial charge in [0.1, 0.15) is 6.10 Å². The van der Waals surface area contributed by atoms with Crippen molar-refractivity contribution in [1.29, 1.82) is 0 Å². The molecule has 4 aliphatic rings. The van der Waals surface area contributed by atoms with E-state index in [1.807, 2.05) is 0 Å². The molecule has 4 aliphatic carbocycles.